The molecule has 2 aromatic rings. The van der Waals surface area contributed by atoms with Gasteiger partial charge in [-0.2, -0.15) is 0 Å². The van der Waals surface area contributed by atoms with Crippen molar-refractivity contribution < 1.29 is 4.42 Å². The Morgan fingerprint density at radius 3 is 2.90 bits per heavy atom. The Balaban J connectivity index is 1.65. The molecule has 0 spiro atoms. The number of nitrogens with one attached hydrogen (secondary N) is 1. The lowest BCUT2D eigenvalue weighted by Gasteiger charge is -2.30. The summed E-state index contributed by atoms with van der Waals surface area (Å²) in [5.74, 6) is 1.55. The van der Waals surface area contributed by atoms with Crippen LogP contribution in [0, 0.1) is 0 Å². The van der Waals surface area contributed by atoms with Crippen LogP contribution in [0.3, 0.4) is 0 Å². The van der Waals surface area contributed by atoms with Gasteiger partial charge in [-0.1, -0.05) is 11.6 Å². The topological polar surface area (TPSA) is 41.3 Å². The molecule has 4 nitrogen and oxygen atoms in total. The molecule has 2 heterocycles. The molecule has 1 unspecified atom stereocenters. The van der Waals surface area contributed by atoms with Gasteiger partial charge in [0.05, 0.1) is 12.7 Å². The van der Waals surface area contributed by atoms with E-state index < -0.39 is 0 Å². The number of aromatic nitrogens is 1. The molecule has 0 amide bonds. The van der Waals surface area contributed by atoms with Crippen molar-refractivity contribution in [3.63, 3.8) is 0 Å². The predicted molar refractivity (Wildman–Crippen MR) is 84.3 cm³/mol. The maximum absolute atomic E-state index is 5.90. The summed E-state index contributed by atoms with van der Waals surface area (Å²) in [6, 6.07) is 8.17. The highest BCUT2D eigenvalue weighted by atomic mass is 35.5. The van der Waals surface area contributed by atoms with E-state index in [0.29, 0.717) is 6.04 Å². The van der Waals surface area contributed by atoms with Gasteiger partial charge in [0.1, 0.15) is 0 Å². The normalized spacial score (nSPS) is 19.1. The van der Waals surface area contributed by atoms with Crippen molar-refractivity contribution in [2.45, 2.75) is 25.4 Å². The van der Waals surface area contributed by atoms with Gasteiger partial charge in [-0.05, 0) is 50.7 Å². The third-order valence-electron chi connectivity index (χ3n) is 3.96. The SMILES string of the molecule is CN(Cc1ncc(-c2ccc(Cl)cc2)o1)C1CCCNC1. The van der Waals surface area contributed by atoms with E-state index in [4.69, 9.17) is 16.0 Å². The van der Waals surface area contributed by atoms with Crippen molar-refractivity contribution >= 4 is 11.6 Å². The van der Waals surface area contributed by atoms with Crippen LogP contribution in [-0.4, -0.2) is 36.1 Å². The Kier molecular flexibility index (Phi) is 4.58. The number of hydrogen-bond donors (Lipinski definition) is 1. The van der Waals surface area contributed by atoms with E-state index in [-0.39, 0.29) is 0 Å². The molecule has 0 bridgehead atoms. The van der Waals surface area contributed by atoms with E-state index in [1.54, 1.807) is 6.20 Å². The summed E-state index contributed by atoms with van der Waals surface area (Å²) in [4.78, 5) is 6.70. The van der Waals surface area contributed by atoms with E-state index in [1.807, 2.05) is 24.3 Å². The Morgan fingerprint density at radius 1 is 1.38 bits per heavy atom. The second-order valence-corrected chi connectivity index (χ2v) is 5.98. The van der Waals surface area contributed by atoms with Gasteiger partial charge >= 0.3 is 0 Å². The first-order valence-electron chi connectivity index (χ1n) is 7.34. The number of likely N-dealkylation sites (N-methyl/N-ethyl adjacent to an activating group) is 1. The first-order valence-corrected chi connectivity index (χ1v) is 7.72. The zero-order valence-electron chi connectivity index (χ0n) is 12.2. The molecule has 1 aliphatic heterocycles. The number of halogens is 1. The highest BCUT2D eigenvalue weighted by molar-refractivity contribution is 6.30. The van der Waals surface area contributed by atoms with Crippen LogP contribution in [-0.2, 0) is 6.54 Å². The molecular weight excluding hydrogens is 286 g/mol. The number of oxazole rings is 1. The van der Waals surface area contributed by atoms with Crippen LogP contribution in [0.4, 0.5) is 0 Å². The van der Waals surface area contributed by atoms with Crippen LogP contribution in [0.15, 0.2) is 34.9 Å². The van der Waals surface area contributed by atoms with Crippen LogP contribution in [0.5, 0.6) is 0 Å². The maximum atomic E-state index is 5.90. The molecule has 1 aromatic carbocycles. The zero-order chi connectivity index (χ0) is 14.7. The average Bonchev–Trinajstić information content (AvgIpc) is 2.97. The third-order valence-corrected chi connectivity index (χ3v) is 4.21. The highest BCUT2D eigenvalue weighted by Crippen LogP contribution is 2.23. The lowest BCUT2D eigenvalue weighted by atomic mass is 10.1. The van der Waals surface area contributed by atoms with Gasteiger partial charge in [0.15, 0.2) is 5.76 Å². The molecule has 1 atom stereocenters. The van der Waals surface area contributed by atoms with Crippen molar-refractivity contribution in [3.05, 3.63) is 41.4 Å². The lowest BCUT2D eigenvalue weighted by molar-refractivity contribution is 0.181. The van der Waals surface area contributed by atoms with Gasteiger partial charge in [0.2, 0.25) is 5.89 Å². The van der Waals surface area contributed by atoms with Crippen molar-refractivity contribution in [1.29, 1.82) is 0 Å². The predicted octanol–water partition coefficient (Wildman–Crippen LogP) is 3.18. The van der Waals surface area contributed by atoms with Gasteiger partial charge < -0.3 is 9.73 Å². The van der Waals surface area contributed by atoms with Crippen LogP contribution >= 0.6 is 11.6 Å². The van der Waals surface area contributed by atoms with Crippen molar-refractivity contribution in [2.24, 2.45) is 0 Å². The fourth-order valence-corrected chi connectivity index (χ4v) is 2.81. The molecule has 1 aromatic heterocycles. The summed E-state index contributed by atoms with van der Waals surface area (Å²) in [5, 5.41) is 4.16. The number of nitrogens with zero attached hydrogens (tertiary/aromatic N) is 2. The Morgan fingerprint density at radius 2 is 2.19 bits per heavy atom. The molecule has 21 heavy (non-hydrogen) atoms. The van der Waals surface area contributed by atoms with E-state index in [2.05, 4.69) is 22.2 Å². The fourth-order valence-electron chi connectivity index (χ4n) is 2.68. The summed E-state index contributed by atoms with van der Waals surface area (Å²) < 4.78 is 5.85. The number of hydrogen-bond acceptors (Lipinski definition) is 4. The first-order chi connectivity index (χ1) is 10.2. The van der Waals surface area contributed by atoms with E-state index in [0.717, 1.165) is 41.9 Å². The Bertz CT molecular complexity index is 575. The molecule has 1 saturated heterocycles. The summed E-state index contributed by atoms with van der Waals surface area (Å²) in [5.41, 5.74) is 1.00. The monoisotopic (exact) mass is 305 g/mol. The summed E-state index contributed by atoms with van der Waals surface area (Å²) in [7, 11) is 2.13. The molecule has 1 fully saturated rings. The Labute approximate surface area is 130 Å². The van der Waals surface area contributed by atoms with Crippen LogP contribution in [0.2, 0.25) is 5.02 Å². The third kappa shape index (κ3) is 3.64. The minimum atomic E-state index is 0.560. The maximum Gasteiger partial charge on any atom is 0.209 e. The van der Waals surface area contributed by atoms with Gasteiger partial charge in [-0.15, -0.1) is 0 Å². The van der Waals surface area contributed by atoms with Crippen LogP contribution in [0.25, 0.3) is 11.3 Å². The minimum absolute atomic E-state index is 0.560. The smallest absolute Gasteiger partial charge is 0.209 e. The number of benzene rings is 1. The molecule has 112 valence electrons. The Hall–Kier alpha value is -1.36. The minimum Gasteiger partial charge on any atom is -0.439 e. The molecule has 5 heteroatoms. The standard InChI is InChI=1S/C16H20ClN3O/c1-20(14-3-2-8-18-9-14)11-16-19-10-15(21-16)12-4-6-13(17)7-5-12/h4-7,10,14,18H,2-3,8-9,11H2,1H3. The average molecular weight is 306 g/mol. The summed E-state index contributed by atoms with van der Waals surface area (Å²) in [6.45, 7) is 2.91. The second-order valence-electron chi connectivity index (χ2n) is 5.54. The quantitative estimate of drug-likeness (QED) is 0.942. The van der Waals surface area contributed by atoms with Crippen molar-refractivity contribution in [3.8, 4) is 11.3 Å². The first kappa shape index (κ1) is 14.6. The molecule has 0 radical (unpaired) electrons. The lowest BCUT2D eigenvalue weighted by Crippen LogP contribution is -2.43. The van der Waals surface area contributed by atoms with Crippen LogP contribution in [0.1, 0.15) is 18.7 Å². The fraction of sp³-hybridized carbons (Fsp3) is 0.438. The van der Waals surface area contributed by atoms with E-state index >= 15 is 0 Å². The van der Waals surface area contributed by atoms with E-state index in [1.165, 1.54) is 12.8 Å². The number of piperidine rings is 1. The van der Waals surface area contributed by atoms with Gasteiger partial charge in [-0.25, -0.2) is 4.98 Å². The second kappa shape index (κ2) is 6.60. The summed E-state index contributed by atoms with van der Waals surface area (Å²) >= 11 is 5.90. The molecule has 1 aliphatic rings. The highest BCUT2D eigenvalue weighted by Gasteiger charge is 2.19. The van der Waals surface area contributed by atoms with Gasteiger partial charge in [-0.3, -0.25) is 4.90 Å². The molecule has 0 aliphatic carbocycles. The molecule has 1 N–H and O–H groups in total. The molecule has 0 saturated carbocycles. The van der Waals surface area contributed by atoms with Crippen molar-refractivity contribution in [1.82, 2.24) is 15.2 Å². The van der Waals surface area contributed by atoms with E-state index in [9.17, 15) is 0 Å². The zero-order valence-corrected chi connectivity index (χ0v) is 12.9. The van der Waals surface area contributed by atoms with Gasteiger partial charge in [0, 0.05) is 23.2 Å². The van der Waals surface area contributed by atoms with Crippen LogP contribution < -0.4 is 5.32 Å². The summed E-state index contributed by atoms with van der Waals surface area (Å²) in [6.07, 6.45) is 4.25. The molecule has 3 rings (SSSR count). The van der Waals surface area contributed by atoms with Crippen molar-refractivity contribution in [2.75, 3.05) is 20.1 Å². The molecular formula is C16H20ClN3O. The number of rotatable bonds is 4. The van der Waals surface area contributed by atoms with Gasteiger partial charge in [0.25, 0.3) is 0 Å². The largest absolute Gasteiger partial charge is 0.439 e.